The van der Waals surface area contributed by atoms with Crippen molar-refractivity contribution in [2.75, 3.05) is 18.2 Å². The van der Waals surface area contributed by atoms with Crippen molar-refractivity contribution in [2.45, 2.75) is 12.1 Å². The Kier molecular flexibility index (Phi) is 6.88. The standard InChI is InChI=1S/C24H21N5O4S/c1-16-8-6-13-20(29(31)32)22(16)25-21(30)15-34-24-27-26-23(17-9-7-12-19(14-17)33-2)28(24)18-10-4-3-5-11-18/h3-14H,15H2,1-2H3,(H,25,30). The van der Waals surface area contributed by atoms with E-state index in [-0.39, 0.29) is 23.0 Å². The van der Waals surface area contributed by atoms with Crippen LogP contribution >= 0.6 is 11.8 Å². The van der Waals surface area contributed by atoms with Crippen LogP contribution < -0.4 is 10.1 Å². The van der Waals surface area contributed by atoms with Gasteiger partial charge < -0.3 is 10.1 Å². The molecule has 0 unspecified atom stereocenters. The van der Waals surface area contributed by atoms with E-state index in [4.69, 9.17) is 4.74 Å². The maximum atomic E-state index is 12.7. The summed E-state index contributed by atoms with van der Waals surface area (Å²) in [6.07, 6.45) is 0. The number of benzene rings is 3. The highest BCUT2D eigenvalue weighted by Crippen LogP contribution is 2.31. The van der Waals surface area contributed by atoms with E-state index < -0.39 is 4.92 Å². The molecule has 3 aromatic carbocycles. The average Bonchev–Trinajstić information content (AvgIpc) is 3.28. The molecule has 172 valence electrons. The quantitative estimate of drug-likeness (QED) is 0.219. The molecule has 0 aliphatic carbocycles. The van der Waals surface area contributed by atoms with Crippen LogP contribution in [0.25, 0.3) is 17.1 Å². The number of carbonyl (C=O) groups excluding carboxylic acids is 1. The number of amides is 1. The molecule has 0 fully saturated rings. The Balaban J connectivity index is 1.61. The van der Waals surface area contributed by atoms with Crippen molar-refractivity contribution in [3.05, 3.63) is 88.5 Å². The predicted octanol–water partition coefficient (Wildman–Crippen LogP) is 4.89. The maximum Gasteiger partial charge on any atom is 0.293 e. The van der Waals surface area contributed by atoms with Crippen LogP contribution in [0.1, 0.15) is 5.56 Å². The summed E-state index contributed by atoms with van der Waals surface area (Å²) in [6.45, 7) is 1.71. The number of nitro groups is 1. The molecule has 1 N–H and O–H groups in total. The van der Waals surface area contributed by atoms with Crippen LogP contribution in [-0.4, -0.2) is 38.5 Å². The molecule has 1 heterocycles. The minimum absolute atomic E-state index is 0.00539. The van der Waals surface area contributed by atoms with Crippen molar-refractivity contribution in [2.24, 2.45) is 0 Å². The van der Waals surface area contributed by atoms with Crippen molar-refractivity contribution >= 4 is 29.0 Å². The maximum absolute atomic E-state index is 12.7. The van der Waals surface area contributed by atoms with Crippen LogP contribution in [0.3, 0.4) is 0 Å². The third-order valence-corrected chi connectivity index (χ3v) is 5.95. The van der Waals surface area contributed by atoms with Gasteiger partial charge in [0.25, 0.3) is 5.69 Å². The number of hydrogen-bond acceptors (Lipinski definition) is 7. The van der Waals surface area contributed by atoms with Gasteiger partial charge >= 0.3 is 0 Å². The smallest absolute Gasteiger partial charge is 0.293 e. The fourth-order valence-corrected chi connectivity index (χ4v) is 4.15. The Bertz CT molecular complexity index is 1340. The van der Waals surface area contributed by atoms with Gasteiger partial charge in [0.05, 0.1) is 17.8 Å². The topological polar surface area (TPSA) is 112 Å². The molecular formula is C24H21N5O4S. The average molecular weight is 476 g/mol. The highest BCUT2D eigenvalue weighted by molar-refractivity contribution is 7.99. The van der Waals surface area contributed by atoms with E-state index in [1.807, 2.05) is 59.2 Å². The fourth-order valence-electron chi connectivity index (χ4n) is 3.40. The van der Waals surface area contributed by atoms with E-state index in [2.05, 4.69) is 15.5 Å². The number of anilines is 1. The Morgan fingerprint density at radius 2 is 1.85 bits per heavy atom. The number of ether oxygens (including phenoxy) is 1. The van der Waals surface area contributed by atoms with Crippen LogP contribution in [0.5, 0.6) is 5.75 Å². The van der Waals surface area contributed by atoms with Gasteiger partial charge in [0.2, 0.25) is 5.91 Å². The van der Waals surface area contributed by atoms with E-state index in [0.717, 1.165) is 11.3 Å². The van der Waals surface area contributed by atoms with Crippen LogP contribution in [0.4, 0.5) is 11.4 Å². The lowest BCUT2D eigenvalue weighted by Gasteiger charge is -2.11. The van der Waals surface area contributed by atoms with Crippen molar-refractivity contribution < 1.29 is 14.5 Å². The summed E-state index contributed by atoms with van der Waals surface area (Å²) in [5.74, 6) is 0.901. The second-order valence-corrected chi connectivity index (χ2v) is 8.21. The number of aryl methyl sites for hydroxylation is 1. The van der Waals surface area contributed by atoms with Gasteiger partial charge in [-0.15, -0.1) is 10.2 Å². The zero-order chi connectivity index (χ0) is 24.1. The number of methoxy groups -OCH3 is 1. The predicted molar refractivity (Wildman–Crippen MR) is 131 cm³/mol. The molecular weight excluding hydrogens is 454 g/mol. The van der Waals surface area contributed by atoms with Crippen molar-refractivity contribution in [3.8, 4) is 22.8 Å². The minimum Gasteiger partial charge on any atom is -0.497 e. The summed E-state index contributed by atoms with van der Waals surface area (Å²) in [6, 6.07) is 21.7. The van der Waals surface area contributed by atoms with Crippen LogP contribution in [0.15, 0.2) is 78.0 Å². The third kappa shape index (κ3) is 4.91. The Morgan fingerprint density at radius 1 is 1.09 bits per heavy atom. The lowest BCUT2D eigenvalue weighted by atomic mass is 10.1. The molecule has 4 aromatic rings. The molecule has 0 aliphatic heterocycles. The van der Waals surface area contributed by atoms with E-state index in [0.29, 0.717) is 22.3 Å². The number of aromatic nitrogens is 3. The van der Waals surface area contributed by atoms with Crippen molar-refractivity contribution in [1.82, 2.24) is 14.8 Å². The summed E-state index contributed by atoms with van der Waals surface area (Å²) in [4.78, 5) is 23.5. The lowest BCUT2D eigenvalue weighted by molar-refractivity contribution is -0.384. The third-order valence-electron chi connectivity index (χ3n) is 5.02. The molecule has 0 bridgehead atoms. The largest absolute Gasteiger partial charge is 0.497 e. The monoisotopic (exact) mass is 475 g/mol. The van der Waals surface area contributed by atoms with Gasteiger partial charge in [0, 0.05) is 17.3 Å². The summed E-state index contributed by atoms with van der Waals surface area (Å²) >= 11 is 1.19. The first-order valence-electron chi connectivity index (χ1n) is 10.3. The van der Waals surface area contributed by atoms with Gasteiger partial charge in [0.15, 0.2) is 11.0 Å². The number of rotatable bonds is 8. The van der Waals surface area contributed by atoms with Gasteiger partial charge in [-0.2, -0.15) is 0 Å². The molecule has 0 spiro atoms. The zero-order valence-electron chi connectivity index (χ0n) is 18.5. The zero-order valence-corrected chi connectivity index (χ0v) is 19.3. The highest BCUT2D eigenvalue weighted by atomic mass is 32.2. The number of thioether (sulfide) groups is 1. The molecule has 0 aliphatic rings. The van der Waals surface area contributed by atoms with Gasteiger partial charge in [-0.05, 0) is 36.8 Å². The van der Waals surface area contributed by atoms with Gasteiger partial charge in [-0.3, -0.25) is 19.5 Å². The van der Waals surface area contributed by atoms with Gasteiger partial charge in [-0.25, -0.2) is 0 Å². The van der Waals surface area contributed by atoms with Gasteiger partial charge in [0.1, 0.15) is 11.4 Å². The van der Waals surface area contributed by atoms with E-state index in [9.17, 15) is 14.9 Å². The van der Waals surface area contributed by atoms with E-state index >= 15 is 0 Å². The number of nitrogens with zero attached hydrogens (tertiary/aromatic N) is 4. The second kappa shape index (κ2) is 10.2. The number of carbonyl (C=O) groups is 1. The molecule has 1 aromatic heterocycles. The molecule has 34 heavy (non-hydrogen) atoms. The first kappa shape index (κ1) is 23.0. The summed E-state index contributed by atoms with van der Waals surface area (Å²) < 4.78 is 7.20. The first-order chi connectivity index (χ1) is 16.5. The summed E-state index contributed by atoms with van der Waals surface area (Å²) in [7, 11) is 1.60. The van der Waals surface area contributed by atoms with E-state index in [1.54, 1.807) is 26.2 Å². The minimum atomic E-state index is -0.512. The van der Waals surface area contributed by atoms with Crippen molar-refractivity contribution in [3.63, 3.8) is 0 Å². The fraction of sp³-hybridized carbons (Fsp3) is 0.125. The Labute approximate surface area is 199 Å². The molecule has 9 nitrogen and oxygen atoms in total. The number of para-hydroxylation sites is 2. The summed E-state index contributed by atoms with van der Waals surface area (Å²) in [5, 5.41) is 23.2. The highest BCUT2D eigenvalue weighted by Gasteiger charge is 2.20. The van der Waals surface area contributed by atoms with Gasteiger partial charge in [-0.1, -0.05) is 54.2 Å². The molecule has 1 amide bonds. The summed E-state index contributed by atoms with van der Waals surface area (Å²) in [5.41, 5.74) is 2.30. The number of nitro benzene ring substituents is 1. The molecule has 10 heteroatoms. The Hall–Kier alpha value is -4.18. The molecule has 0 radical (unpaired) electrons. The number of hydrogen-bond donors (Lipinski definition) is 1. The number of nitrogens with one attached hydrogen (secondary N) is 1. The SMILES string of the molecule is COc1cccc(-c2nnc(SCC(=O)Nc3c(C)cccc3[N+](=O)[O-])n2-c2ccccc2)c1. The van der Waals surface area contributed by atoms with Crippen LogP contribution in [0.2, 0.25) is 0 Å². The van der Waals surface area contributed by atoms with Crippen LogP contribution in [-0.2, 0) is 4.79 Å². The second-order valence-electron chi connectivity index (χ2n) is 7.27. The molecule has 0 saturated carbocycles. The first-order valence-corrected chi connectivity index (χ1v) is 11.3. The van der Waals surface area contributed by atoms with E-state index in [1.165, 1.54) is 17.8 Å². The van der Waals surface area contributed by atoms with Crippen LogP contribution in [0, 0.1) is 17.0 Å². The molecule has 4 rings (SSSR count). The normalized spacial score (nSPS) is 10.6. The Morgan fingerprint density at radius 3 is 2.59 bits per heavy atom. The molecule has 0 atom stereocenters. The molecule has 0 saturated heterocycles. The van der Waals surface area contributed by atoms with Crippen molar-refractivity contribution in [1.29, 1.82) is 0 Å². The lowest BCUT2D eigenvalue weighted by Crippen LogP contribution is -2.16.